The van der Waals surface area contributed by atoms with Gasteiger partial charge in [-0.3, -0.25) is 0 Å². The molecular weight excluding hydrogens is 234 g/mol. The number of aryl methyl sites for hydroxylation is 1. The molecule has 1 aliphatic carbocycles. The summed E-state index contributed by atoms with van der Waals surface area (Å²) in [6.45, 7) is 8.57. The van der Waals surface area contributed by atoms with Crippen LogP contribution in [0, 0.1) is 12.8 Å². The second kappa shape index (κ2) is 6.90. The molecule has 1 aliphatic rings. The quantitative estimate of drug-likeness (QED) is 0.752. The molecule has 0 aromatic carbocycles. The zero-order valence-electron chi connectivity index (χ0n) is 12.5. The molecule has 1 aromatic heterocycles. The Labute approximate surface area is 117 Å². The number of hydrogen-bond donors (Lipinski definition) is 2. The van der Waals surface area contributed by atoms with Crippen molar-refractivity contribution in [2.24, 2.45) is 5.92 Å². The van der Waals surface area contributed by atoms with Crippen molar-refractivity contribution in [2.75, 3.05) is 11.9 Å². The molecule has 0 spiro atoms. The topological polar surface area (TPSA) is 37.0 Å². The fraction of sp³-hybridized carbons (Fsp3) is 0.688. The molecule has 0 amide bonds. The van der Waals surface area contributed by atoms with Crippen molar-refractivity contribution < 1.29 is 0 Å². The molecule has 3 nitrogen and oxygen atoms in total. The van der Waals surface area contributed by atoms with Gasteiger partial charge >= 0.3 is 0 Å². The highest BCUT2D eigenvalue weighted by Crippen LogP contribution is 2.20. The van der Waals surface area contributed by atoms with Crippen LogP contribution in [0.4, 0.5) is 5.82 Å². The van der Waals surface area contributed by atoms with Crippen LogP contribution in [0.25, 0.3) is 0 Å². The monoisotopic (exact) mass is 261 g/mol. The first-order valence-corrected chi connectivity index (χ1v) is 7.66. The normalized spacial score (nSPS) is 14.9. The van der Waals surface area contributed by atoms with E-state index in [0.29, 0.717) is 0 Å². The van der Waals surface area contributed by atoms with Crippen LogP contribution in [0.1, 0.15) is 50.8 Å². The summed E-state index contributed by atoms with van der Waals surface area (Å²) in [6, 6.07) is 5.12. The van der Waals surface area contributed by atoms with Crippen LogP contribution >= 0.6 is 0 Å². The van der Waals surface area contributed by atoms with Gasteiger partial charge in [0.25, 0.3) is 0 Å². The molecule has 106 valence electrons. The number of rotatable bonds is 8. The SMILES string of the molecule is CCC(CC)CNc1cc(CNC2CC2)cc(C)n1. The summed E-state index contributed by atoms with van der Waals surface area (Å²) >= 11 is 0. The van der Waals surface area contributed by atoms with Gasteiger partial charge in [0.2, 0.25) is 0 Å². The molecule has 2 N–H and O–H groups in total. The van der Waals surface area contributed by atoms with Crippen molar-refractivity contribution in [1.82, 2.24) is 10.3 Å². The van der Waals surface area contributed by atoms with E-state index in [-0.39, 0.29) is 0 Å². The van der Waals surface area contributed by atoms with Gasteiger partial charge in [-0.25, -0.2) is 4.98 Å². The number of nitrogens with one attached hydrogen (secondary N) is 2. The van der Waals surface area contributed by atoms with Gasteiger partial charge in [0, 0.05) is 24.8 Å². The average Bonchev–Trinajstić information content (AvgIpc) is 3.21. The van der Waals surface area contributed by atoms with E-state index in [9.17, 15) is 0 Å². The summed E-state index contributed by atoms with van der Waals surface area (Å²) in [4.78, 5) is 4.58. The molecule has 2 rings (SSSR count). The molecule has 0 radical (unpaired) electrons. The van der Waals surface area contributed by atoms with Crippen LogP contribution in [-0.2, 0) is 6.54 Å². The van der Waals surface area contributed by atoms with Crippen LogP contribution in [0.5, 0.6) is 0 Å². The number of nitrogens with zero attached hydrogens (tertiary/aromatic N) is 1. The van der Waals surface area contributed by atoms with E-state index in [2.05, 4.69) is 48.5 Å². The van der Waals surface area contributed by atoms with E-state index in [0.717, 1.165) is 36.6 Å². The van der Waals surface area contributed by atoms with Crippen molar-refractivity contribution in [3.63, 3.8) is 0 Å². The number of hydrogen-bond acceptors (Lipinski definition) is 3. The number of aromatic nitrogens is 1. The molecule has 19 heavy (non-hydrogen) atoms. The van der Waals surface area contributed by atoms with Gasteiger partial charge in [-0.15, -0.1) is 0 Å². The zero-order valence-corrected chi connectivity index (χ0v) is 12.5. The highest BCUT2D eigenvalue weighted by molar-refractivity contribution is 5.39. The zero-order chi connectivity index (χ0) is 13.7. The molecule has 1 fully saturated rings. The third-order valence-electron chi connectivity index (χ3n) is 3.91. The molecule has 0 atom stereocenters. The van der Waals surface area contributed by atoms with E-state index < -0.39 is 0 Å². The van der Waals surface area contributed by atoms with E-state index >= 15 is 0 Å². The van der Waals surface area contributed by atoms with Crippen LogP contribution in [0.15, 0.2) is 12.1 Å². The Kier molecular flexibility index (Phi) is 5.20. The lowest BCUT2D eigenvalue weighted by Gasteiger charge is -2.15. The molecule has 0 aliphatic heterocycles. The third kappa shape index (κ3) is 4.83. The van der Waals surface area contributed by atoms with Crippen LogP contribution in [0.2, 0.25) is 0 Å². The predicted molar refractivity (Wildman–Crippen MR) is 81.4 cm³/mol. The maximum absolute atomic E-state index is 4.58. The maximum Gasteiger partial charge on any atom is 0.126 e. The van der Waals surface area contributed by atoms with Crippen molar-refractivity contribution in [3.05, 3.63) is 23.4 Å². The molecular formula is C16H27N3. The Morgan fingerprint density at radius 3 is 2.63 bits per heavy atom. The molecule has 0 unspecified atom stereocenters. The second-order valence-corrected chi connectivity index (χ2v) is 5.72. The first-order valence-electron chi connectivity index (χ1n) is 7.66. The van der Waals surface area contributed by atoms with E-state index in [1.165, 1.54) is 31.2 Å². The summed E-state index contributed by atoms with van der Waals surface area (Å²) in [5.74, 6) is 1.77. The second-order valence-electron chi connectivity index (χ2n) is 5.72. The molecule has 0 saturated heterocycles. The van der Waals surface area contributed by atoms with Gasteiger partial charge in [-0.05, 0) is 43.4 Å². The summed E-state index contributed by atoms with van der Waals surface area (Å²) < 4.78 is 0. The van der Waals surface area contributed by atoms with Gasteiger partial charge < -0.3 is 10.6 Å². The van der Waals surface area contributed by atoms with Crippen molar-refractivity contribution >= 4 is 5.82 Å². The first-order chi connectivity index (χ1) is 9.21. The van der Waals surface area contributed by atoms with Gasteiger partial charge in [-0.2, -0.15) is 0 Å². The number of pyridine rings is 1. The predicted octanol–water partition coefficient (Wildman–Crippen LogP) is 3.49. The summed E-state index contributed by atoms with van der Waals surface area (Å²) in [6.07, 6.45) is 5.13. The smallest absolute Gasteiger partial charge is 0.126 e. The Morgan fingerprint density at radius 1 is 1.26 bits per heavy atom. The third-order valence-corrected chi connectivity index (χ3v) is 3.91. The van der Waals surface area contributed by atoms with Crippen LogP contribution < -0.4 is 10.6 Å². The minimum absolute atomic E-state index is 0.746. The first kappa shape index (κ1) is 14.3. The fourth-order valence-corrected chi connectivity index (χ4v) is 2.31. The van der Waals surface area contributed by atoms with Gasteiger partial charge in [-0.1, -0.05) is 26.7 Å². The molecule has 1 heterocycles. The van der Waals surface area contributed by atoms with Gasteiger partial charge in [0.1, 0.15) is 5.82 Å². The van der Waals surface area contributed by atoms with Crippen LogP contribution in [0.3, 0.4) is 0 Å². The minimum atomic E-state index is 0.746. The Morgan fingerprint density at radius 2 is 2.00 bits per heavy atom. The van der Waals surface area contributed by atoms with Gasteiger partial charge in [0.05, 0.1) is 0 Å². The highest BCUT2D eigenvalue weighted by atomic mass is 15.0. The Bertz CT molecular complexity index is 395. The van der Waals surface area contributed by atoms with Crippen molar-refractivity contribution in [3.8, 4) is 0 Å². The summed E-state index contributed by atoms with van der Waals surface area (Å²) in [5.41, 5.74) is 2.44. The maximum atomic E-state index is 4.58. The van der Waals surface area contributed by atoms with Crippen LogP contribution in [-0.4, -0.2) is 17.6 Å². The molecule has 1 aromatic rings. The fourth-order valence-electron chi connectivity index (χ4n) is 2.31. The summed E-state index contributed by atoms with van der Waals surface area (Å²) in [7, 11) is 0. The average molecular weight is 261 g/mol. The van der Waals surface area contributed by atoms with Crippen molar-refractivity contribution in [1.29, 1.82) is 0 Å². The minimum Gasteiger partial charge on any atom is -0.370 e. The largest absolute Gasteiger partial charge is 0.370 e. The Hall–Kier alpha value is -1.09. The standard InChI is InChI=1S/C16H27N3/c1-4-13(5-2)10-18-16-9-14(8-12(3)19-16)11-17-15-6-7-15/h8-9,13,15,17H,4-7,10-11H2,1-3H3,(H,18,19). The van der Waals surface area contributed by atoms with Gasteiger partial charge in [0.15, 0.2) is 0 Å². The lowest BCUT2D eigenvalue weighted by molar-refractivity contribution is 0.518. The van der Waals surface area contributed by atoms with Crippen molar-refractivity contribution in [2.45, 2.75) is 59.0 Å². The summed E-state index contributed by atoms with van der Waals surface area (Å²) in [5, 5.41) is 7.05. The lowest BCUT2D eigenvalue weighted by atomic mass is 10.0. The molecule has 1 saturated carbocycles. The number of anilines is 1. The molecule has 0 bridgehead atoms. The molecule has 3 heteroatoms. The van der Waals surface area contributed by atoms with E-state index in [1.54, 1.807) is 0 Å². The van der Waals surface area contributed by atoms with E-state index in [1.807, 2.05) is 0 Å². The highest BCUT2D eigenvalue weighted by Gasteiger charge is 2.20. The van der Waals surface area contributed by atoms with E-state index in [4.69, 9.17) is 0 Å². The Balaban J connectivity index is 1.90. The lowest BCUT2D eigenvalue weighted by Crippen LogP contribution is -2.17.